The van der Waals surface area contributed by atoms with Crippen LogP contribution in [0.1, 0.15) is 91.6 Å². The average molecular weight is 565 g/mol. The highest BCUT2D eigenvalue weighted by Gasteiger charge is 2.38. The van der Waals surface area contributed by atoms with E-state index in [9.17, 15) is 14.4 Å². The molecule has 0 aromatic heterocycles. The van der Waals surface area contributed by atoms with Crippen molar-refractivity contribution in [2.45, 2.75) is 78.2 Å². The van der Waals surface area contributed by atoms with Gasteiger partial charge in [0.05, 0.1) is 31.8 Å². The molecule has 0 radical (unpaired) electrons. The van der Waals surface area contributed by atoms with Crippen LogP contribution in [0.5, 0.6) is 23.0 Å². The van der Waals surface area contributed by atoms with E-state index in [2.05, 4.69) is 18.8 Å². The minimum atomic E-state index is -0.807. The summed E-state index contributed by atoms with van der Waals surface area (Å²) >= 11 is 0. The van der Waals surface area contributed by atoms with Crippen molar-refractivity contribution >= 4 is 17.5 Å². The first-order valence-electron chi connectivity index (χ1n) is 14.0. The standard InChI is InChI=1S/C33H40O8/c1-7-11-25-28(15-13-23(22(3)34)31(25)38-6)39-19-9-10-20-40-29-16-14-24-27(35)21-33(4,18-17-30(36)37-5)41-32(24)26(29)12-8-2/h13-16H,7-8,11-12,17-21H2,1-6H3. The van der Waals surface area contributed by atoms with Gasteiger partial charge in [-0.3, -0.25) is 14.4 Å². The van der Waals surface area contributed by atoms with Crippen molar-refractivity contribution in [3.05, 3.63) is 46.5 Å². The minimum absolute atomic E-state index is 0.0186. The molecule has 220 valence electrons. The molecule has 2 aromatic rings. The first-order chi connectivity index (χ1) is 19.7. The van der Waals surface area contributed by atoms with E-state index >= 15 is 0 Å². The molecule has 1 heterocycles. The van der Waals surface area contributed by atoms with Crippen LogP contribution in [0.2, 0.25) is 0 Å². The number of ether oxygens (including phenoxy) is 5. The Labute approximate surface area is 242 Å². The van der Waals surface area contributed by atoms with Crippen molar-refractivity contribution in [3.63, 3.8) is 0 Å². The normalized spacial score (nSPS) is 15.6. The van der Waals surface area contributed by atoms with Crippen LogP contribution in [0.15, 0.2) is 24.3 Å². The smallest absolute Gasteiger partial charge is 0.305 e. The average Bonchev–Trinajstić information content (AvgIpc) is 2.95. The Balaban J connectivity index is 1.72. The van der Waals surface area contributed by atoms with Gasteiger partial charge in [-0.1, -0.05) is 38.5 Å². The van der Waals surface area contributed by atoms with E-state index < -0.39 is 5.60 Å². The maximum absolute atomic E-state index is 13.0. The van der Waals surface area contributed by atoms with Crippen LogP contribution in [-0.2, 0) is 22.4 Å². The van der Waals surface area contributed by atoms with Gasteiger partial charge >= 0.3 is 5.97 Å². The van der Waals surface area contributed by atoms with Crippen molar-refractivity contribution in [1.82, 2.24) is 0 Å². The van der Waals surface area contributed by atoms with Crippen LogP contribution in [0.25, 0.3) is 0 Å². The lowest BCUT2D eigenvalue weighted by molar-refractivity contribution is -0.141. The Hall–Kier alpha value is -3.99. The maximum atomic E-state index is 13.0. The second kappa shape index (κ2) is 14.6. The fourth-order valence-electron chi connectivity index (χ4n) is 4.97. The SMILES string of the molecule is CCCc1c(OCC#CCOc2ccc3c(c2CCC)OC(C)(CCC(=O)OC)CC3=O)ccc(C(C)=O)c1OC. The van der Waals surface area contributed by atoms with Gasteiger partial charge in [0.25, 0.3) is 0 Å². The molecule has 1 atom stereocenters. The van der Waals surface area contributed by atoms with Crippen molar-refractivity contribution in [2.75, 3.05) is 27.4 Å². The van der Waals surface area contributed by atoms with Crippen LogP contribution in [-0.4, -0.2) is 50.6 Å². The zero-order valence-electron chi connectivity index (χ0n) is 24.9. The summed E-state index contributed by atoms with van der Waals surface area (Å²) in [5.74, 6) is 7.87. The number of ketones is 2. The van der Waals surface area contributed by atoms with E-state index in [1.54, 1.807) is 31.4 Å². The van der Waals surface area contributed by atoms with E-state index in [4.69, 9.17) is 23.7 Å². The summed E-state index contributed by atoms with van der Waals surface area (Å²) in [4.78, 5) is 36.7. The Bertz CT molecular complexity index is 1330. The quantitative estimate of drug-likeness (QED) is 0.168. The number of methoxy groups -OCH3 is 2. The van der Waals surface area contributed by atoms with E-state index in [0.29, 0.717) is 53.4 Å². The summed E-state index contributed by atoms with van der Waals surface area (Å²) in [7, 11) is 2.90. The van der Waals surface area contributed by atoms with Crippen LogP contribution < -0.4 is 18.9 Å². The molecule has 2 aromatic carbocycles. The predicted molar refractivity (Wildman–Crippen MR) is 155 cm³/mol. The van der Waals surface area contributed by atoms with Gasteiger partial charge in [-0.05, 0) is 57.4 Å². The van der Waals surface area contributed by atoms with E-state index in [-0.39, 0.29) is 43.6 Å². The molecule has 1 aliphatic heterocycles. The van der Waals surface area contributed by atoms with Crippen LogP contribution in [0, 0.1) is 11.8 Å². The molecule has 8 heteroatoms. The molecule has 0 saturated carbocycles. The van der Waals surface area contributed by atoms with Gasteiger partial charge in [0.2, 0.25) is 0 Å². The van der Waals surface area contributed by atoms with E-state index in [0.717, 1.165) is 24.0 Å². The van der Waals surface area contributed by atoms with Gasteiger partial charge in [-0.2, -0.15) is 0 Å². The number of carbonyl (C=O) groups excluding carboxylic acids is 3. The highest BCUT2D eigenvalue weighted by Crippen LogP contribution is 2.42. The zero-order chi connectivity index (χ0) is 30.0. The molecule has 0 aliphatic carbocycles. The number of hydrogen-bond donors (Lipinski definition) is 0. The Morgan fingerprint density at radius 1 is 0.951 bits per heavy atom. The summed E-state index contributed by atoms with van der Waals surface area (Å²) in [6, 6.07) is 7.02. The number of rotatable bonds is 13. The van der Waals surface area contributed by atoms with Gasteiger partial charge < -0.3 is 23.7 Å². The molecular weight excluding hydrogens is 524 g/mol. The molecule has 41 heavy (non-hydrogen) atoms. The summed E-state index contributed by atoms with van der Waals surface area (Å²) in [6.07, 6.45) is 3.80. The molecule has 0 N–H and O–H groups in total. The minimum Gasteiger partial charge on any atom is -0.496 e. The van der Waals surface area contributed by atoms with Gasteiger partial charge in [0.15, 0.2) is 11.6 Å². The first-order valence-corrected chi connectivity index (χ1v) is 14.0. The molecule has 1 aliphatic rings. The molecule has 0 spiro atoms. The van der Waals surface area contributed by atoms with Gasteiger partial charge in [0, 0.05) is 17.5 Å². The molecule has 0 bridgehead atoms. The summed E-state index contributed by atoms with van der Waals surface area (Å²) in [5, 5.41) is 0. The molecular formula is C33H40O8. The highest BCUT2D eigenvalue weighted by molar-refractivity contribution is 6.01. The fourth-order valence-corrected chi connectivity index (χ4v) is 4.97. The van der Waals surface area contributed by atoms with Crippen LogP contribution in [0.3, 0.4) is 0 Å². The number of benzene rings is 2. The zero-order valence-corrected chi connectivity index (χ0v) is 24.9. The third-order valence-corrected chi connectivity index (χ3v) is 7.01. The molecule has 8 nitrogen and oxygen atoms in total. The van der Waals surface area contributed by atoms with Crippen molar-refractivity contribution in [3.8, 4) is 34.8 Å². The number of esters is 1. The summed E-state index contributed by atoms with van der Waals surface area (Å²) < 4.78 is 28.6. The Kier molecular flexibility index (Phi) is 11.2. The monoisotopic (exact) mass is 564 g/mol. The van der Waals surface area contributed by atoms with Gasteiger partial charge in [-0.25, -0.2) is 0 Å². The molecule has 0 fully saturated rings. The number of carbonyl (C=O) groups is 3. The van der Waals surface area contributed by atoms with Gasteiger partial charge in [-0.15, -0.1) is 0 Å². The number of hydrogen-bond acceptors (Lipinski definition) is 8. The summed E-state index contributed by atoms with van der Waals surface area (Å²) in [6.45, 7) is 7.73. The fraction of sp³-hybridized carbons (Fsp3) is 0.485. The lowest BCUT2D eigenvalue weighted by Gasteiger charge is -2.36. The molecule has 0 amide bonds. The van der Waals surface area contributed by atoms with Crippen molar-refractivity contribution in [2.24, 2.45) is 0 Å². The van der Waals surface area contributed by atoms with Gasteiger partial charge in [0.1, 0.15) is 41.8 Å². The highest BCUT2D eigenvalue weighted by atomic mass is 16.5. The second-order valence-electron chi connectivity index (χ2n) is 10.3. The van der Waals surface area contributed by atoms with Crippen molar-refractivity contribution < 1.29 is 38.1 Å². The maximum Gasteiger partial charge on any atom is 0.305 e. The third-order valence-electron chi connectivity index (χ3n) is 7.01. The topological polar surface area (TPSA) is 97.4 Å². The lowest BCUT2D eigenvalue weighted by atomic mass is 9.86. The van der Waals surface area contributed by atoms with E-state index in [1.165, 1.54) is 14.0 Å². The second-order valence-corrected chi connectivity index (χ2v) is 10.3. The Morgan fingerprint density at radius 2 is 1.56 bits per heavy atom. The Morgan fingerprint density at radius 3 is 2.15 bits per heavy atom. The number of Topliss-reactive ketones (excluding diaryl/α,β-unsaturated/α-hetero) is 2. The summed E-state index contributed by atoms with van der Waals surface area (Å²) in [5.41, 5.74) is 1.93. The van der Waals surface area contributed by atoms with Crippen molar-refractivity contribution in [1.29, 1.82) is 0 Å². The molecule has 1 unspecified atom stereocenters. The van der Waals surface area contributed by atoms with Crippen LogP contribution >= 0.6 is 0 Å². The largest absolute Gasteiger partial charge is 0.496 e. The predicted octanol–water partition coefficient (Wildman–Crippen LogP) is 5.94. The molecule has 0 saturated heterocycles. The first kappa shape index (κ1) is 31.5. The third kappa shape index (κ3) is 7.81. The number of fused-ring (bicyclic) bond motifs is 1. The lowest BCUT2D eigenvalue weighted by Crippen LogP contribution is -2.40. The molecule has 3 rings (SSSR count). The van der Waals surface area contributed by atoms with E-state index in [1.807, 2.05) is 13.8 Å². The van der Waals surface area contributed by atoms with Crippen LogP contribution in [0.4, 0.5) is 0 Å².